The summed E-state index contributed by atoms with van der Waals surface area (Å²) in [6.07, 6.45) is 7.66. The van der Waals surface area contributed by atoms with Gasteiger partial charge in [-0.3, -0.25) is 0 Å². The summed E-state index contributed by atoms with van der Waals surface area (Å²) in [7, 11) is 0. The molecule has 5 nitrogen and oxygen atoms in total. The van der Waals surface area contributed by atoms with E-state index in [0.717, 1.165) is 68.5 Å². The molecule has 1 aliphatic rings. The van der Waals surface area contributed by atoms with E-state index in [1.54, 1.807) is 24.3 Å². The van der Waals surface area contributed by atoms with E-state index in [9.17, 15) is 25.5 Å². The second-order valence-electron chi connectivity index (χ2n) is 13.4. The van der Waals surface area contributed by atoms with Crippen molar-refractivity contribution >= 4 is 0 Å². The zero-order chi connectivity index (χ0) is 33.1. The lowest BCUT2D eigenvalue weighted by molar-refractivity contribution is 0.438. The summed E-state index contributed by atoms with van der Waals surface area (Å²) in [5.41, 5.74) is 9.92. The van der Waals surface area contributed by atoms with Crippen molar-refractivity contribution in [2.75, 3.05) is 0 Å². The number of aromatic hydroxyl groups is 5. The maximum Gasteiger partial charge on any atom is 0.122 e. The molecule has 1 saturated carbocycles. The number of hydrogen-bond donors (Lipinski definition) is 5. The average molecular weight is 629 g/mol. The quantitative estimate of drug-likeness (QED) is 0.112. The molecule has 0 heterocycles. The molecule has 5 aromatic carbocycles. The number of aryl methyl sites for hydroxylation is 2. The van der Waals surface area contributed by atoms with E-state index in [4.69, 9.17) is 0 Å². The van der Waals surface area contributed by atoms with Crippen molar-refractivity contribution in [3.8, 4) is 28.7 Å². The molecule has 0 saturated heterocycles. The van der Waals surface area contributed by atoms with Crippen LogP contribution < -0.4 is 0 Å². The predicted octanol–water partition coefficient (Wildman–Crippen LogP) is 9.24. The molecule has 1 fully saturated rings. The molecule has 47 heavy (non-hydrogen) atoms. The van der Waals surface area contributed by atoms with Crippen LogP contribution in [0.2, 0.25) is 0 Å². The van der Waals surface area contributed by atoms with Gasteiger partial charge in [-0.1, -0.05) is 91.1 Å². The predicted molar refractivity (Wildman–Crippen MR) is 187 cm³/mol. The summed E-state index contributed by atoms with van der Waals surface area (Å²) in [5.74, 6) is 1.48. The van der Waals surface area contributed by atoms with Crippen molar-refractivity contribution in [2.45, 2.75) is 77.6 Å². The van der Waals surface area contributed by atoms with Gasteiger partial charge < -0.3 is 25.5 Å². The Hall–Kier alpha value is -4.90. The summed E-state index contributed by atoms with van der Waals surface area (Å²) in [5, 5.41) is 54.1. The summed E-state index contributed by atoms with van der Waals surface area (Å²) in [6.45, 7) is 4.03. The molecular formula is C42H44O5. The minimum absolute atomic E-state index is 0.201. The highest BCUT2D eigenvalue weighted by Gasteiger charge is 2.22. The Labute approximate surface area is 277 Å². The van der Waals surface area contributed by atoms with E-state index in [1.807, 2.05) is 62.4 Å². The molecule has 0 bridgehead atoms. The minimum Gasteiger partial charge on any atom is -0.508 e. The van der Waals surface area contributed by atoms with Gasteiger partial charge >= 0.3 is 0 Å². The first kappa shape index (κ1) is 32.1. The fourth-order valence-corrected chi connectivity index (χ4v) is 7.21. The number of phenols is 5. The SMILES string of the molecule is Cc1cc(Cc2ccc(O)cc2)c(O)c(Cc2cc(C3CCCCC3)cc(Cc3cc(C)cc(Cc4ccc(O)cc4)c3O)c2O)c1. The summed E-state index contributed by atoms with van der Waals surface area (Å²) in [6, 6.07) is 26.3. The normalized spacial score (nSPS) is 13.6. The molecule has 0 aliphatic heterocycles. The standard InChI is InChI=1S/C42H44O5/c1-26-16-32(20-28-8-12-38(43)13-9-28)40(45)34(18-26)24-36-22-31(30-6-4-3-5-7-30)23-37(42(36)47)25-35-19-27(2)17-33(41(35)46)21-29-10-14-39(44)15-11-29/h8-19,22-23,30,43-47H,3-7,20-21,24-25H2,1-2H3. The zero-order valence-corrected chi connectivity index (χ0v) is 27.3. The van der Waals surface area contributed by atoms with Crippen LogP contribution in [0, 0.1) is 13.8 Å². The molecule has 0 radical (unpaired) electrons. The van der Waals surface area contributed by atoms with Gasteiger partial charge in [0.15, 0.2) is 0 Å². The maximum atomic E-state index is 11.8. The Kier molecular flexibility index (Phi) is 9.44. The van der Waals surface area contributed by atoms with Gasteiger partial charge in [0, 0.05) is 25.7 Å². The Morgan fingerprint density at radius 1 is 0.447 bits per heavy atom. The number of hydrogen-bond acceptors (Lipinski definition) is 5. The highest BCUT2D eigenvalue weighted by atomic mass is 16.3. The third-order valence-electron chi connectivity index (χ3n) is 9.61. The maximum absolute atomic E-state index is 11.8. The lowest BCUT2D eigenvalue weighted by Crippen LogP contribution is -2.07. The van der Waals surface area contributed by atoms with Crippen molar-refractivity contribution in [1.82, 2.24) is 0 Å². The zero-order valence-electron chi connectivity index (χ0n) is 27.3. The fourth-order valence-electron chi connectivity index (χ4n) is 7.21. The summed E-state index contributed by atoms with van der Waals surface area (Å²) in [4.78, 5) is 0. The van der Waals surface area contributed by atoms with Gasteiger partial charge in [0.1, 0.15) is 28.7 Å². The monoisotopic (exact) mass is 628 g/mol. The van der Waals surface area contributed by atoms with Gasteiger partial charge in [0.25, 0.3) is 0 Å². The van der Waals surface area contributed by atoms with Crippen LogP contribution in [0.25, 0.3) is 0 Å². The lowest BCUT2D eigenvalue weighted by Gasteiger charge is -2.24. The molecule has 1 aliphatic carbocycles. The molecule has 242 valence electrons. The smallest absolute Gasteiger partial charge is 0.122 e. The average Bonchev–Trinajstić information content (AvgIpc) is 3.06. The van der Waals surface area contributed by atoms with Crippen LogP contribution in [-0.2, 0) is 25.7 Å². The van der Waals surface area contributed by atoms with Crippen molar-refractivity contribution < 1.29 is 25.5 Å². The van der Waals surface area contributed by atoms with Gasteiger partial charge in [-0.15, -0.1) is 0 Å². The lowest BCUT2D eigenvalue weighted by atomic mass is 9.81. The van der Waals surface area contributed by atoms with Gasteiger partial charge in [0.2, 0.25) is 0 Å². The molecule has 0 unspecified atom stereocenters. The molecule has 0 amide bonds. The topological polar surface area (TPSA) is 101 Å². The first-order valence-corrected chi connectivity index (χ1v) is 16.7. The van der Waals surface area contributed by atoms with Crippen molar-refractivity contribution in [2.24, 2.45) is 0 Å². The molecule has 5 aromatic rings. The first-order valence-electron chi connectivity index (χ1n) is 16.7. The molecule has 5 N–H and O–H groups in total. The van der Waals surface area contributed by atoms with E-state index in [1.165, 1.54) is 24.8 Å². The second-order valence-corrected chi connectivity index (χ2v) is 13.4. The Morgan fingerprint density at radius 2 is 0.787 bits per heavy atom. The Bertz CT molecular complexity index is 1740. The molecule has 0 spiro atoms. The Balaban J connectivity index is 1.36. The van der Waals surface area contributed by atoms with Gasteiger partial charge in [0.05, 0.1) is 0 Å². The number of rotatable bonds is 9. The van der Waals surface area contributed by atoms with E-state index in [0.29, 0.717) is 31.6 Å². The van der Waals surface area contributed by atoms with Crippen LogP contribution in [0.5, 0.6) is 28.7 Å². The minimum atomic E-state index is 0.201. The molecule has 5 heteroatoms. The van der Waals surface area contributed by atoms with E-state index in [-0.39, 0.29) is 28.7 Å². The Morgan fingerprint density at radius 3 is 1.17 bits per heavy atom. The van der Waals surface area contributed by atoms with E-state index >= 15 is 0 Å². The van der Waals surface area contributed by atoms with Crippen LogP contribution in [0.15, 0.2) is 84.9 Å². The van der Waals surface area contributed by atoms with E-state index in [2.05, 4.69) is 12.1 Å². The largest absolute Gasteiger partial charge is 0.508 e. The van der Waals surface area contributed by atoms with Crippen LogP contribution in [0.4, 0.5) is 0 Å². The van der Waals surface area contributed by atoms with Crippen molar-refractivity contribution in [1.29, 1.82) is 0 Å². The highest BCUT2D eigenvalue weighted by molar-refractivity contribution is 5.55. The van der Waals surface area contributed by atoms with Crippen molar-refractivity contribution in [3.05, 3.63) is 146 Å². The van der Waals surface area contributed by atoms with E-state index < -0.39 is 0 Å². The molecule has 0 atom stereocenters. The highest BCUT2D eigenvalue weighted by Crippen LogP contribution is 2.40. The van der Waals surface area contributed by atoms with Gasteiger partial charge in [-0.05, 0) is 107 Å². The number of benzene rings is 5. The van der Waals surface area contributed by atoms with Gasteiger partial charge in [-0.2, -0.15) is 0 Å². The third kappa shape index (κ3) is 7.57. The van der Waals surface area contributed by atoms with Crippen molar-refractivity contribution in [3.63, 3.8) is 0 Å². The van der Waals surface area contributed by atoms with Gasteiger partial charge in [-0.25, -0.2) is 0 Å². The molecule has 6 rings (SSSR count). The third-order valence-corrected chi connectivity index (χ3v) is 9.61. The van der Waals surface area contributed by atoms with Crippen LogP contribution in [0.1, 0.15) is 99.2 Å². The summed E-state index contributed by atoms with van der Waals surface area (Å²) >= 11 is 0. The fraction of sp³-hybridized carbons (Fsp3) is 0.286. The molecule has 0 aromatic heterocycles. The number of phenolic OH excluding ortho intramolecular Hbond substituents is 5. The van der Waals surface area contributed by atoms with Crippen LogP contribution in [0.3, 0.4) is 0 Å². The second kappa shape index (κ2) is 13.8. The summed E-state index contributed by atoms with van der Waals surface area (Å²) < 4.78 is 0. The molecular weight excluding hydrogens is 584 g/mol. The first-order chi connectivity index (χ1) is 22.6. The van der Waals surface area contributed by atoms with Crippen LogP contribution >= 0.6 is 0 Å². The van der Waals surface area contributed by atoms with Crippen LogP contribution in [-0.4, -0.2) is 25.5 Å².